The van der Waals surface area contributed by atoms with E-state index in [1.165, 1.54) is 32.0 Å². The van der Waals surface area contributed by atoms with Gasteiger partial charge >= 0.3 is 27.5 Å². The summed E-state index contributed by atoms with van der Waals surface area (Å²) in [6.45, 7) is 9.80. The van der Waals surface area contributed by atoms with Crippen LogP contribution in [0.5, 0.6) is 11.5 Å². The molecule has 32 heavy (non-hydrogen) atoms. The van der Waals surface area contributed by atoms with Gasteiger partial charge in [-0.15, -0.1) is 0 Å². The molecule has 0 spiro atoms. The maximum absolute atomic E-state index is 12.2. The summed E-state index contributed by atoms with van der Waals surface area (Å²) in [4.78, 5) is 23.6. The van der Waals surface area contributed by atoms with Gasteiger partial charge in [0.15, 0.2) is 0 Å². The van der Waals surface area contributed by atoms with Crippen LogP contribution < -0.4 is 14.6 Å². The van der Waals surface area contributed by atoms with Crippen LogP contribution in [-0.2, 0) is 26.0 Å². The number of unbranched alkanes of at least 4 members (excludes halogenated alkanes) is 1. The Bertz CT molecular complexity index is 1040. The van der Waals surface area contributed by atoms with Crippen molar-refractivity contribution >= 4 is 27.9 Å². The van der Waals surface area contributed by atoms with Crippen molar-refractivity contribution in [1.29, 1.82) is 0 Å². The van der Waals surface area contributed by atoms with Crippen LogP contribution in [0, 0.1) is 0 Å². The van der Waals surface area contributed by atoms with Crippen molar-refractivity contribution in [3.63, 3.8) is 0 Å². The lowest BCUT2D eigenvalue weighted by Crippen LogP contribution is -2.26. The SMILES string of the molecule is C=C(C)C(=O)Oc1ccc(CCCCC([O-])=NS(=O)(=O)C(F)(F)F)c(OC(=O)C(=C)C)c1. The molecule has 0 aliphatic rings. The lowest BCUT2D eigenvalue weighted by atomic mass is 10.1. The Balaban J connectivity index is 2.90. The molecule has 0 heterocycles. The molecule has 0 bridgehead atoms. The van der Waals surface area contributed by atoms with Gasteiger partial charge in [-0.2, -0.15) is 26.0 Å². The van der Waals surface area contributed by atoms with Crippen LogP contribution in [0.4, 0.5) is 13.2 Å². The van der Waals surface area contributed by atoms with Gasteiger partial charge in [0, 0.05) is 17.2 Å². The maximum Gasteiger partial charge on any atom is 0.518 e. The van der Waals surface area contributed by atoms with Gasteiger partial charge in [0.1, 0.15) is 11.5 Å². The molecule has 0 amide bonds. The number of carbonyl (C=O) groups excluding carboxylic acids is 2. The first kappa shape index (κ1) is 26.9. The van der Waals surface area contributed by atoms with Crippen molar-refractivity contribution in [2.45, 2.75) is 45.0 Å². The number of ether oxygens (including phenoxy) is 2. The fourth-order valence-electron chi connectivity index (χ4n) is 2.10. The molecular formula is C20H21F3NO7S-. The van der Waals surface area contributed by atoms with Gasteiger partial charge in [0.2, 0.25) is 0 Å². The predicted octanol–water partition coefficient (Wildman–Crippen LogP) is 2.97. The van der Waals surface area contributed by atoms with E-state index in [1.807, 2.05) is 0 Å². The molecule has 0 aliphatic carbocycles. The second kappa shape index (κ2) is 10.9. The van der Waals surface area contributed by atoms with E-state index in [-0.39, 0.29) is 41.9 Å². The van der Waals surface area contributed by atoms with Gasteiger partial charge in [-0.1, -0.05) is 19.2 Å². The summed E-state index contributed by atoms with van der Waals surface area (Å²) in [5.41, 5.74) is -4.90. The second-order valence-electron chi connectivity index (χ2n) is 6.72. The first-order valence-electron chi connectivity index (χ1n) is 9.09. The Labute approximate surface area is 183 Å². The number of rotatable bonds is 10. The maximum atomic E-state index is 12.2. The zero-order valence-corrected chi connectivity index (χ0v) is 18.1. The minimum atomic E-state index is -5.87. The Morgan fingerprint density at radius 1 is 1.06 bits per heavy atom. The highest BCUT2D eigenvalue weighted by Gasteiger charge is 2.45. The number of esters is 2. The van der Waals surface area contributed by atoms with Crippen LogP contribution in [0.25, 0.3) is 0 Å². The van der Waals surface area contributed by atoms with Crippen molar-refractivity contribution < 1.29 is 45.8 Å². The minimum Gasteiger partial charge on any atom is -0.861 e. The van der Waals surface area contributed by atoms with E-state index in [1.54, 1.807) is 0 Å². The number of benzene rings is 1. The molecule has 0 aliphatic heterocycles. The van der Waals surface area contributed by atoms with E-state index in [2.05, 4.69) is 17.6 Å². The van der Waals surface area contributed by atoms with Crippen LogP contribution >= 0.6 is 0 Å². The van der Waals surface area contributed by atoms with Crippen molar-refractivity contribution in [1.82, 2.24) is 0 Å². The van der Waals surface area contributed by atoms with E-state index in [0.29, 0.717) is 5.56 Å². The monoisotopic (exact) mass is 476 g/mol. The fraction of sp³-hybridized carbons (Fsp3) is 0.350. The highest BCUT2D eigenvalue weighted by Crippen LogP contribution is 2.28. The molecule has 12 heteroatoms. The van der Waals surface area contributed by atoms with E-state index >= 15 is 0 Å². The molecule has 1 aromatic rings. The average Bonchev–Trinajstić information content (AvgIpc) is 2.65. The highest BCUT2D eigenvalue weighted by molar-refractivity contribution is 7.91. The predicted molar refractivity (Wildman–Crippen MR) is 107 cm³/mol. The van der Waals surface area contributed by atoms with Crippen molar-refractivity contribution in [2.24, 2.45) is 4.40 Å². The van der Waals surface area contributed by atoms with Gasteiger partial charge in [-0.3, -0.25) is 0 Å². The number of alkyl halides is 3. The molecule has 0 atom stereocenters. The van der Waals surface area contributed by atoms with Gasteiger partial charge in [-0.25, -0.2) is 9.59 Å². The lowest BCUT2D eigenvalue weighted by molar-refractivity contribution is -0.218. The van der Waals surface area contributed by atoms with Gasteiger partial charge in [-0.05, 0) is 57.1 Å². The molecule has 0 N–H and O–H groups in total. The third-order valence-electron chi connectivity index (χ3n) is 3.75. The standard InChI is InChI=1S/C20H22F3NO7S/c1-12(2)18(26)30-15-10-9-14(16(11-15)31-19(27)13(3)4)7-5-6-8-17(25)24-32(28,29)20(21,22)23/h9-11H,1,3,5-8H2,2,4H3,(H,24,25)/p-1. The number of halogens is 3. The number of hydrogen-bond acceptors (Lipinski definition) is 7. The number of aryl methyl sites for hydroxylation is 1. The van der Waals surface area contributed by atoms with Crippen molar-refractivity contribution in [3.05, 3.63) is 48.1 Å². The molecule has 0 saturated carbocycles. The minimum absolute atomic E-state index is 0.0238. The van der Waals surface area contributed by atoms with Gasteiger partial charge in [0.05, 0.1) is 0 Å². The first-order valence-corrected chi connectivity index (χ1v) is 10.5. The van der Waals surface area contributed by atoms with Crippen molar-refractivity contribution in [3.8, 4) is 11.5 Å². The Hall–Kier alpha value is -3.15. The normalized spacial score (nSPS) is 12.2. The zero-order valence-electron chi connectivity index (χ0n) is 17.3. The third kappa shape index (κ3) is 8.17. The number of carbonyl (C=O) groups is 2. The number of sulfonamides is 1. The van der Waals surface area contributed by atoms with E-state index < -0.39 is 39.8 Å². The van der Waals surface area contributed by atoms with Crippen LogP contribution in [0.2, 0.25) is 0 Å². The third-order valence-corrected chi connectivity index (χ3v) is 4.78. The van der Waals surface area contributed by atoms with E-state index in [9.17, 15) is 36.3 Å². The van der Waals surface area contributed by atoms with Crippen molar-refractivity contribution in [2.75, 3.05) is 0 Å². The Kier molecular flexibility index (Phi) is 9.19. The second-order valence-corrected chi connectivity index (χ2v) is 8.32. The molecule has 0 saturated heterocycles. The summed E-state index contributed by atoms with van der Waals surface area (Å²) in [5, 5.41) is 11.4. The topological polar surface area (TPSA) is 122 Å². The smallest absolute Gasteiger partial charge is 0.518 e. The summed E-state index contributed by atoms with van der Waals surface area (Å²) in [6.07, 6.45) is -0.0524. The van der Waals surface area contributed by atoms with Crippen LogP contribution in [0.3, 0.4) is 0 Å². The molecular weight excluding hydrogens is 455 g/mol. The molecule has 1 rings (SSSR count). The van der Waals surface area contributed by atoms with Crippen LogP contribution in [-0.4, -0.2) is 31.8 Å². The molecule has 0 radical (unpaired) electrons. The highest BCUT2D eigenvalue weighted by atomic mass is 32.2. The summed E-state index contributed by atoms with van der Waals surface area (Å²) in [5.74, 6) is -2.71. The van der Waals surface area contributed by atoms with Crippen LogP contribution in [0.1, 0.15) is 38.7 Å². The zero-order chi connectivity index (χ0) is 24.7. The van der Waals surface area contributed by atoms with E-state index in [4.69, 9.17) is 9.47 Å². The largest absolute Gasteiger partial charge is 0.861 e. The molecule has 8 nitrogen and oxygen atoms in total. The summed E-state index contributed by atoms with van der Waals surface area (Å²) >= 11 is 0. The molecule has 1 aromatic carbocycles. The molecule has 0 fully saturated rings. The molecule has 0 aromatic heterocycles. The fourth-order valence-corrected chi connectivity index (χ4v) is 2.57. The molecule has 176 valence electrons. The summed E-state index contributed by atoms with van der Waals surface area (Å²) in [7, 11) is -5.87. The summed E-state index contributed by atoms with van der Waals surface area (Å²) in [6, 6.07) is 4.24. The Morgan fingerprint density at radius 3 is 2.16 bits per heavy atom. The van der Waals surface area contributed by atoms with Gasteiger partial charge < -0.3 is 14.6 Å². The first-order chi connectivity index (χ1) is 14.6. The lowest BCUT2D eigenvalue weighted by Gasteiger charge is -2.14. The van der Waals surface area contributed by atoms with Crippen LogP contribution in [0.15, 0.2) is 46.9 Å². The quantitative estimate of drug-likeness (QED) is 0.127. The molecule has 0 unspecified atom stereocenters. The Morgan fingerprint density at radius 2 is 1.62 bits per heavy atom. The number of hydrogen-bond donors (Lipinski definition) is 0. The number of nitrogens with zero attached hydrogens (tertiary/aromatic N) is 1. The van der Waals surface area contributed by atoms with Gasteiger partial charge in [0.25, 0.3) is 0 Å². The van der Waals surface area contributed by atoms with E-state index in [0.717, 1.165) is 0 Å². The average molecular weight is 476 g/mol. The summed E-state index contributed by atoms with van der Waals surface area (Å²) < 4.78 is 71.0.